The smallest absolute Gasteiger partial charge is 0.305 e. The van der Waals surface area contributed by atoms with E-state index in [4.69, 9.17) is 13.4 Å². The van der Waals surface area contributed by atoms with Crippen molar-refractivity contribution in [2.75, 3.05) is 0 Å². The molecule has 0 unspecified atom stereocenters. The zero-order chi connectivity index (χ0) is 21.5. The number of rotatable bonds is 3. The minimum absolute atomic E-state index is 0.124. The molecule has 5 rings (SSSR count). The van der Waals surface area contributed by atoms with Crippen LogP contribution in [0.3, 0.4) is 0 Å². The van der Waals surface area contributed by atoms with E-state index in [0.717, 1.165) is 5.39 Å². The van der Waals surface area contributed by atoms with Crippen molar-refractivity contribution in [1.82, 2.24) is 21.0 Å². The Hall–Kier alpha value is -4.40. The number of fused-ring (bicyclic) bond motifs is 2. The van der Waals surface area contributed by atoms with E-state index in [2.05, 4.69) is 21.0 Å². The fourth-order valence-electron chi connectivity index (χ4n) is 3.45. The van der Waals surface area contributed by atoms with Gasteiger partial charge in [0.05, 0.1) is 22.9 Å². The molecule has 5 aromatic rings. The molecule has 4 heterocycles. The fraction of sp³-hybridized carbons (Fsp3) is 0.0909. The van der Waals surface area contributed by atoms with Crippen molar-refractivity contribution in [3.05, 3.63) is 71.3 Å². The van der Waals surface area contributed by atoms with Crippen LogP contribution in [0.25, 0.3) is 33.5 Å². The molecular weight excluding hydrogens is 400 g/mol. The maximum absolute atomic E-state index is 12.9. The van der Waals surface area contributed by atoms with Gasteiger partial charge in [-0.3, -0.25) is 20.4 Å². The van der Waals surface area contributed by atoms with Crippen molar-refractivity contribution in [1.29, 1.82) is 0 Å². The molecule has 0 aliphatic heterocycles. The minimum Gasteiger partial charge on any atom is -0.463 e. The highest BCUT2D eigenvalue weighted by Crippen LogP contribution is 2.27. The molecule has 0 saturated carbocycles. The Morgan fingerprint density at radius 3 is 2.58 bits per heavy atom. The van der Waals surface area contributed by atoms with Gasteiger partial charge in [0.25, 0.3) is 11.6 Å². The monoisotopic (exact) mass is 416 g/mol. The van der Waals surface area contributed by atoms with E-state index in [9.17, 15) is 9.59 Å². The quantitative estimate of drug-likeness (QED) is 0.427. The molecule has 2 N–H and O–H groups in total. The van der Waals surface area contributed by atoms with E-state index in [1.165, 1.54) is 6.26 Å². The number of nitrogens with one attached hydrogen (secondary N) is 2. The lowest BCUT2D eigenvalue weighted by Crippen LogP contribution is -2.41. The lowest BCUT2D eigenvalue weighted by molar-refractivity contribution is 0.0832. The summed E-state index contributed by atoms with van der Waals surface area (Å²) in [5, 5.41) is 5.17. The van der Waals surface area contributed by atoms with E-state index in [1.54, 1.807) is 38.1 Å². The predicted molar refractivity (Wildman–Crippen MR) is 110 cm³/mol. The molecule has 1 aromatic carbocycles. The number of amides is 2. The topological polar surface area (TPSA) is 123 Å². The minimum atomic E-state index is -0.569. The first-order valence-corrected chi connectivity index (χ1v) is 9.42. The Bertz CT molecular complexity index is 1450. The number of hydrazine groups is 1. The number of carbonyl (C=O) groups excluding carboxylic acids is 2. The molecule has 4 aromatic heterocycles. The Morgan fingerprint density at radius 1 is 1.00 bits per heavy atom. The lowest BCUT2D eigenvalue weighted by Gasteiger charge is -2.08. The second kappa shape index (κ2) is 7.13. The van der Waals surface area contributed by atoms with Crippen molar-refractivity contribution in [2.24, 2.45) is 0 Å². The van der Waals surface area contributed by atoms with Gasteiger partial charge in [0, 0.05) is 10.9 Å². The van der Waals surface area contributed by atoms with Gasteiger partial charge in [-0.25, -0.2) is 4.98 Å². The van der Waals surface area contributed by atoms with Crippen molar-refractivity contribution < 1.29 is 22.9 Å². The molecule has 0 aliphatic carbocycles. The highest BCUT2D eigenvalue weighted by molar-refractivity contribution is 6.08. The van der Waals surface area contributed by atoms with E-state index < -0.39 is 11.8 Å². The SMILES string of the molecule is Cc1c(C(=O)NNC(=O)c2cc(-c3ccco3)nc3onc(C)c23)oc2ccccc12. The van der Waals surface area contributed by atoms with Crippen LogP contribution in [0.2, 0.25) is 0 Å². The molecule has 2 amide bonds. The molecule has 0 spiro atoms. The van der Waals surface area contributed by atoms with Gasteiger partial charge in [0.1, 0.15) is 11.3 Å². The zero-order valence-electron chi connectivity index (χ0n) is 16.6. The van der Waals surface area contributed by atoms with E-state index in [-0.39, 0.29) is 17.0 Å². The Balaban J connectivity index is 1.44. The number of nitrogens with zero attached hydrogens (tertiary/aromatic N) is 2. The van der Waals surface area contributed by atoms with Crippen molar-refractivity contribution >= 4 is 33.9 Å². The lowest BCUT2D eigenvalue weighted by atomic mass is 10.1. The highest BCUT2D eigenvalue weighted by atomic mass is 16.5. The van der Waals surface area contributed by atoms with Gasteiger partial charge in [0.2, 0.25) is 0 Å². The van der Waals surface area contributed by atoms with Crippen molar-refractivity contribution in [3.63, 3.8) is 0 Å². The van der Waals surface area contributed by atoms with E-state index in [0.29, 0.717) is 33.7 Å². The van der Waals surface area contributed by atoms with Crippen LogP contribution < -0.4 is 10.9 Å². The molecule has 0 fully saturated rings. The van der Waals surface area contributed by atoms with E-state index in [1.807, 2.05) is 18.2 Å². The summed E-state index contributed by atoms with van der Waals surface area (Å²) >= 11 is 0. The van der Waals surface area contributed by atoms with Crippen LogP contribution in [0, 0.1) is 13.8 Å². The highest BCUT2D eigenvalue weighted by Gasteiger charge is 2.22. The summed E-state index contributed by atoms with van der Waals surface area (Å²) in [5.41, 5.74) is 7.43. The number of hydrogen-bond donors (Lipinski definition) is 2. The molecule has 0 radical (unpaired) electrons. The Morgan fingerprint density at radius 2 is 1.81 bits per heavy atom. The molecule has 0 atom stereocenters. The summed E-state index contributed by atoms with van der Waals surface area (Å²) in [6.45, 7) is 3.48. The second-order valence-electron chi connectivity index (χ2n) is 6.94. The van der Waals surface area contributed by atoms with Gasteiger partial charge in [-0.1, -0.05) is 23.4 Å². The largest absolute Gasteiger partial charge is 0.463 e. The third kappa shape index (κ3) is 3.12. The van der Waals surface area contributed by atoms with Gasteiger partial charge in [-0.2, -0.15) is 0 Å². The first-order chi connectivity index (χ1) is 15.0. The zero-order valence-corrected chi connectivity index (χ0v) is 16.6. The molecular formula is C22H16N4O5. The number of hydrogen-bond acceptors (Lipinski definition) is 7. The maximum Gasteiger partial charge on any atom is 0.305 e. The van der Waals surface area contributed by atoms with Gasteiger partial charge in [0.15, 0.2) is 11.5 Å². The van der Waals surface area contributed by atoms with E-state index >= 15 is 0 Å². The number of furan rings is 2. The predicted octanol–water partition coefficient (Wildman–Crippen LogP) is 3.92. The summed E-state index contributed by atoms with van der Waals surface area (Å²) in [7, 11) is 0. The molecule has 9 heteroatoms. The summed E-state index contributed by atoms with van der Waals surface area (Å²) < 4.78 is 16.2. The number of para-hydroxylation sites is 1. The van der Waals surface area contributed by atoms with Crippen LogP contribution in [0.5, 0.6) is 0 Å². The third-order valence-electron chi connectivity index (χ3n) is 4.97. The molecule has 154 valence electrons. The van der Waals surface area contributed by atoms with Crippen LogP contribution in [0.4, 0.5) is 0 Å². The average molecular weight is 416 g/mol. The summed E-state index contributed by atoms with van der Waals surface area (Å²) in [6.07, 6.45) is 1.50. The fourth-order valence-corrected chi connectivity index (χ4v) is 3.45. The summed E-state index contributed by atoms with van der Waals surface area (Å²) in [6, 6.07) is 12.3. The number of benzene rings is 1. The Kier molecular flexibility index (Phi) is 4.28. The van der Waals surface area contributed by atoms with Crippen LogP contribution in [0.1, 0.15) is 32.2 Å². The average Bonchev–Trinajstić information content (AvgIpc) is 3.51. The molecule has 0 bridgehead atoms. The van der Waals surface area contributed by atoms with Gasteiger partial charge in [-0.05, 0) is 38.1 Å². The standard InChI is InChI=1S/C22H16N4O5/c1-11-13-6-3-4-7-16(13)30-19(11)21(28)25-24-20(27)14-10-15(17-8-5-9-29-17)23-22-18(14)12(2)26-31-22/h3-10H,1-2H3,(H,24,27)(H,25,28). The van der Waals surface area contributed by atoms with Gasteiger partial charge < -0.3 is 13.4 Å². The summed E-state index contributed by atoms with van der Waals surface area (Å²) in [4.78, 5) is 29.9. The molecule has 9 nitrogen and oxygen atoms in total. The van der Waals surface area contributed by atoms with Crippen molar-refractivity contribution in [2.45, 2.75) is 13.8 Å². The normalized spacial score (nSPS) is 11.2. The maximum atomic E-state index is 12.9. The third-order valence-corrected chi connectivity index (χ3v) is 4.97. The first-order valence-electron chi connectivity index (χ1n) is 9.42. The Labute approximate surface area is 175 Å². The number of aromatic nitrogens is 2. The second-order valence-corrected chi connectivity index (χ2v) is 6.94. The summed E-state index contributed by atoms with van der Waals surface area (Å²) in [5.74, 6) is -0.542. The van der Waals surface area contributed by atoms with Gasteiger partial charge in [-0.15, -0.1) is 0 Å². The molecule has 31 heavy (non-hydrogen) atoms. The number of carbonyl (C=O) groups is 2. The number of pyridine rings is 1. The number of aryl methyl sites for hydroxylation is 2. The van der Waals surface area contributed by atoms with Crippen LogP contribution in [-0.4, -0.2) is 22.0 Å². The molecule has 0 aliphatic rings. The molecule has 0 saturated heterocycles. The van der Waals surface area contributed by atoms with Crippen LogP contribution in [-0.2, 0) is 0 Å². The van der Waals surface area contributed by atoms with Crippen LogP contribution in [0.15, 0.2) is 62.1 Å². The van der Waals surface area contributed by atoms with Gasteiger partial charge >= 0.3 is 5.91 Å². The first kappa shape index (κ1) is 18.6. The van der Waals surface area contributed by atoms with Crippen molar-refractivity contribution in [3.8, 4) is 11.5 Å². The van der Waals surface area contributed by atoms with Crippen LogP contribution >= 0.6 is 0 Å².